The lowest BCUT2D eigenvalue weighted by Gasteiger charge is -2.24. The second-order valence-electron chi connectivity index (χ2n) is 7.67. The van der Waals surface area contributed by atoms with Crippen LogP contribution >= 0.6 is 7.52 Å². The van der Waals surface area contributed by atoms with Crippen LogP contribution in [0.4, 0.5) is 4.79 Å². The Hall–Kier alpha value is -1.89. The van der Waals surface area contributed by atoms with Crippen LogP contribution in [0.3, 0.4) is 0 Å². The summed E-state index contributed by atoms with van der Waals surface area (Å²) in [5.74, 6) is 0.145. The average molecular weight is 427 g/mol. The molecular weight excluding hydrogens is 393 g/mol. The van der Waals surface area contributed by atoms with Crippen LogP contribution in [0.5, 0.6) is 0 Å². The molecule has 4 N–H and O–H groups in total. The molecule has 0 bridgehead atoms. The van der Waals surface area contributed by atoms with E-state index in [1.54, 1.807) is 12.1 Å². The van der Waals surface area contributed by atoms with Crippen molar-refractivity contribution < 1.29 is 23.8 Å². The van der Waals surface area contributed by atoms with Crippen molar-refractivity contribution in [1.82, 2.24) is 15.7 Å². The number of carbonyl (C=O) groups excluding carboxylic acids is 2. The molecule has 0 aliphatic rings. The maximum absolute atomic E-state index is 12.5. The van der Waals surface area contributed by atoms with Gasteiger partial charge in [0.25, 0.3) is 7.52 Å². The van der Waals surface area contributed by atoms with Crippen molar-refractivity contribution in [2.24, 2.45) is 11.8 Å². The molecule has 8 nitrogen and oxygen atoms in total. The van der Waals surface area contributed by atoms with Crippen LogP contribution in [-0.2, 0) is 20.7 Å². The fourth-order valence-electron chi connectivity index (χ4n) is 2.47. The van der Waals surface area contributed by atoms with E-state index in [4.69, 9.17) is 4.74 Å². The maximum atomic E-state index is 12.5. The monoisotopic (exact) mass is 427 g/mol. The highest BCUT2D eigenvalue weighted by Gasteiger charge is 2.29. The lowest BCUT2D eigenvalue weighted by molar-refractivity contribution is -0.123. The number of alkyl carbamates (subject to hydrolysis) is 1. The Kier molecular flexibility index (Phi) is 10.9. The minimum absolute atomic E-state index is 0.0594. The zero-order chi connectivity index (χ0) is 21.9. The second kappa shape index (κ2) is 12.6. The molecule has 0 radical (unpaired) electrons. The van der Waals surface area contributed by atoms with E-state index >= 15 is 0 Å². The van der Waals surface area contributed by atoms with Crippen molar-refractivity contribution in [2.75, 3.05) is 12.8 Å². The van der Waals surface area contributed by atoms with Crippen molar-refractivity contribution in [3.8, 4) is 0 Å². The van der Waals surface area contributed by atoms with Crippen LogP contribution in [0.15, 0.2) is 30.3 Å². The van der Waals surface area contributed by atoms with Crippen LogP contribution in [-0.4, -0.2) is 35.8 Å². The first-order valence-corrected chi connectivity index (χ1v) is 11.8. The minimum Gasteiger partial charge on any atom is -0.445 e. The van der Waals surface area contributed by atoms with Crippen molar-refractivity contribution in [3.05, 3.63) is 35.9 Å². The molecule has 164 valence electrons. The van der Waals surface area contributed by atoms with Gasteiger partial charge in [-0.2, -0.15) is 0 Å². The van der Waals surface area contributed by atoms with Gasteiger partial charge in [0.2, 0.25) is 5.91 Å². The number of carbonyl (C=O) groups is 2. The third-order valence-electron chi connectivity index (χ3n) is 4.35. The molecule has 0 spiro atoms. The quantitative estimate of drug-likeness (QED) is 0.381. The van der Waals surface area contributed by atoms with Crippen molar-refractivity contribution in [1.29, 1.82) is 0 Å². The van der Waals surface area contributed by atoms with Gasteiger partial charge in [0, 0.05) is 6.54 Å². The molecule has 1 aromatic rings. The Bertz CT molecular complexity index is 684. The average Bonchev–Trinajstić information content (AvgIpc) is 2.68. The molecule has 0 heterocycles. The van der Waals surface area contributed by atoms with E-state index in [2.05, 4.69) is 15.7 Å². The van der Waals surface area contributed by atoms with Gasteiger partial charge in [-0.25, -0.2) is 9.88 Å². The van der Waals surface area contributed by atoms with Crippen molar-refractivity contribution >= 4 is 19.5 Å². The second-order valence-corrected chi connectivity index (χ2v) is 9.65. The first kappa shape index (κ1) is 25.1. The van der Waals surface area contributed by atoms with Crippen molar-refractivity contribution in [2.45, 2.75) is 53.2 Å². The molecule has 3 atom stereocenters. The Morgan fingerprint density at radius 3 is 2.38 bits per heavy atom. The summed E-state index contributed by atoms with van der Waals surface area (Å²) in [6.45, 7) is 8.48. The number of hydrogen-bond acceptors (Lipinski definition) is 4. The Labute approximate surface area is 173 Å². The number of benzene rings is 1. The topological polar surface area (TPSA) is 117 Å². The molecule has 29 heavy (non-hydrogen) atoms. The number of ether oxygens (including phenoxy) is 1. The molecule has 2 unspecified atom stereocenters. The minimum atomic E-state index is -3.99. The van der Waals surface area contributed by atoms with Gasteiger partial charge in [-0.3, -0.25) is 9.36 Å². The largest absolute Gasteiger partial charge is 0.445 e. The third-order valence-corrected chi connectivity index (χ3v) is 5.66. The molecule has 1 rings (SSSR count). The van der Waals surface area contributed by atoms with Crippen molar-refractivity contribution in [3.63, 3.8) is 0 Å². The van der Waals surface area contributed by atoms with Gasteiger partial charge in [0.15, 0.2) is 0 Å². The smallest absolute Gasteiger partial charge is 0.407 e. The highest BCUT2D eigenvalue weighted by Crippen LogP contribution is 2.35. The summed E-state index contributed by atoms with van der Waals surface area (Å²) in [5, 5.41) is 7.62. The SMILES string of the molecule is CCC(C)CNC(=O)[C@H](CC(C)C)NP(=O)(O)CNC(=O)OCc1ccccc1. The predicted molar refractivity (Wildman–Crippen MR) is 113 cm³/mol. The highest BCUT2D eigenvalue weighted by atomic mass is 31.2. The van der Waals surface area contributed by atoms with Gasteiger partial charge in [-0.05, 0) is 23.8 Å². The summed E-state index contributed by atoms with van der Waals surface area (Å²) >= 11 is 0. The third kappa shape index (κ3) is 11.0. The van der Waals surface area contributed by atoms with Crippen LogP contribution in [0.2, 0.25) is 0 Å². The highest BCUT2D eigenvalue weighted by molar-refractivity contribution is 7.55. The van der Waals surface area contributed by atoms with Gasteiger partial charge >= 0.3 is 6.09 Å². The van der Waals surface area contributed by atoms with Gasteiger partial charge in [0.1, 0.15) is 12.9 Å². The van der Waals surface area contributed by atoms with Crippen LogP contribution < -0.4 is 15.7 Å². The summed E-state index contributed by atoms with van der Waals surface area (Å²) in [4.78, 5) is 34.5. The zero-order valence-electron chi connectivity index (χ0n) is 17.7. The normalized spacial score (nSPS) is 15.2. The Morgan fingerprint density at radius 2 is 1.79 bits per heavy atom. The number of hydrogen-bond donors (Lipinski definition) is 4. The summed E-state index contributed by atoms with van der Waals surface area (Å²) < 4.78 is 17.5. The van der Waals surface area contributed by atoms with Gasteiger partial charge < -0.3 is 20.3 Å². The predicted octanol–water partition coefficient (Wildman–Crippen LogP) is 3.22. The molecule has 0 aliphatic heterocycles. The molecule has 2 amide bonds. The standard InChI is InChI=1S/C20H34N3O5P/c1-5-16(4)12-21-19(24)18(11-15(2)3)23-29(26,27)14-22-20(25)28-13-17-9-7-6-8-10-17/h6-10,15-16,18H,5,11-14H2,1-4H3,(H,21,24)(H,22,25)(H2,23,26,27)/t16?,18-/m0/s1. The molecular formula is C20H34N3O5P. The Balaban J connectivity index is 2.54. The lowest BCUT2D eigenvalue weighted by Crippen LogP contribution is -2.45. The van der Waals surface area contributed by atoms with Gasteiger partial charge in [-0.15, -0.1) is 0 Å². The lowest BCUT2D eigenvalue weighted by atomic mass is 10.0. The van der Waals surface area contributed by atoms with E-state index in [9.17, 15) is 19.0 Å². The summed E-state index contributed by atoms with van der Waals surface area (Å²) in [6, 6.07) is 8.29. The van der Waals surface area contributed by atoms with E-state index in [1.807, 2.05) is 45.9 Å². The number of rotatable bonds is 12. The van der Waals surface area contributed by atoms with Crippen LogP contribution in [0.25, 0.3) is 0 Å². The first-order valence-electron chi connectivity index (χ1n) is 9.94. The fraction of sp³-hybridized carbons (Fsp3) is 0.600. The fourth-order valence-corrected chi connectivity index (χ4v) is 3.61. The van der Waals surface area contributed by atoms with E-state index in [0.717, 1.165) is 12.0 Å². The van der Waals surface area contributed by atoms with Gasteiger partial charge in [0.05, 0.1) is 6.04 Å². The molecule has 0 fully saturated rings. The van der Waals surface area contributed by atoms with E-state index in [1.165, 1.54) is 0 Å². The molecule has 0 aromatic heterocycles. The first-order chi connectivity index (χ1) is 13.6. The number of nitrogens with one attached hydrogen (secondary N) is 3. The van der Waals surface area contributed by atoms with Gasteiger partial charge in [-0.1, -0.05) is 64.4 Å². The van der Waals surface area contributed by atoms with E-state index < -0.39 is 25.9 Å². The maximum Gasteiger partial charge on any atom is 0.407 e. The zero-order valence-corrected chi connectivity index (χ0v) is 18.6. The summed E-state index contributed by atoms with van der Waals surface area (Å²) in [5.41, 5.74) is 0.808. The number of amides is 2. The Morgan fingerprint density at radius 1 is 1.14 bits per heavy atom. The summed E-state index contributed by atoms with van der Waals surface area (Å²) in [7, 11) is -3.99. The van der Waals surface area contributed by atoms with E-state index in [0.29, 0.717) is 18.9 Å². The van der Waals surface area contributed by atoms with E-state index in [-0.39, 0.29) is 18.4 Å². The molecule has 0 saturated carbocycles. The molecule has 0 saturated heterocycles. The molecule has 0 aliphatic carbocycles. The molecule has 1 aromatic carbocycles. The summed E-state index contributed by atoms with van der Waals surface area (Å²) in [6.07, 6.45) is -0.00854. The molecule has 9 heteroatoms. The van der Waals surface area contributed by atoms with Crippen LogP contribution in [0, 0.1) is 11.8 Å². The van der Waals surface area contributed by atoms with Crippen LogP contribution in [0.1, 0.15) is 46.1 Å².